The maximum absolute atomic E-state index is 13.0. The number of likely N-dealkylation sites (tertiary alicyclic amines) is 1. The Morgan fingerprint density at radius 2 is 1.96 bits per heavy atom. The van der Waals surface area contributed by atoms with Crippen LogP contribution in [0.2, 0.25) is 5.02 Å². The second-order valence-corrected chi connectivity index (χ2v) is 7.69. The molecule has 1 aliphatic rings. The molecule has 1 saturated heterocycles. The van der Waals surface area contributed by atoms with E-state index in [1.807, 2.05) is 45.9 Å². The van der Waals surface area contributed by atoms with E-state index in [1.54, 1.807) is 6.26 Å². The van der Waals surface area contributed by atoms with Gasteiger partial charge in [-0.05, 0) is 31.8 Å². The number of amides is 1. The van der Waals surface area contributed by atoms with E-state index in [1.165, 1.54) is 0 Å². The van der Waals surface area contributed by atoms with Crippen molar-refractivity contribution in [3.05, 3.63) is 58.9 Å². The van der Waals surface area contributed by atoms with Crippen LogP contribution >= 0.6 is 11.6 Å². The minimum absolute atomic E-state index is 0.0698. The summed E-state index contributed by atoms with van der Waals surface area (Å²) < 4.78 is 7.56. The molecule has 0 aliphatic carbocycles. The third kappa shape index (κ3) is 3.24. The first kappa shape index (κ1) is 17.2. The maximum Gasteiger partial charge on any atom is 0.270 e. The summed E-state index contributed by atoms with van der Waals surface area (Å²) in [6, 6.07) is 11.5. The Bertz CT molecular complexity index is 920. The number of hydrogen-bond donors (Lipinski definition) is 0. The van der Waals surface area contributed by atoms with Crippen LogP contribution in [0.5, 0.6) is 0 Å². The highest BCUT2D eigenvalue weighted by Crippen LogP contribution is 2.26. The summed E-state index contributed by atoms with van der Waals surface area (Å²) in [6.45, 7) is 3.24. The highest BCUT2D eigenvalue weighted by Gasteiger charge is 2.33. The van der Waals surface area contributed by atoms with Crippen LogP contribution in [-0.4, -0.2) is 54.0 Å². The quantitative estimate of drug-likeness (QED) is 0.688. The van der Waals surface area contributed by atoms with E-state index in [2.05, 4.69) is 19.0 Å². The van der Waals surface area contributed by atoms with Gasteiger partial charge in [-0.3, -0.25) is 4.79 Å². The summed E-state index contributed by atoms with van der Waals surface area (Å²) >= 11 is 5.98. The van der Waals surface area contributed by atoms with E-state index < -0.39 is 0 Å². The zero-order valence-corrected chi connectivity index (χ0v) is 15.7. The van der Waals surface area contributed by atoms with Crippen molar-refractivity contribution in [2.45, 2.75) is 6.54 Å². The lowest BCUT2D eigenvalue weighted by atomic mass is 9.99. The Hall–Kier alpha value is -2.24. The van der Waals surface area contributed by atoms with Gasteiger partial charge in [0.05, 0.1) is 11.8 Å². The van der Waals surface area contributed by atoms with Gasteiger partial charge in [0, 0.05) is 49.3 Å². The van der Waals surface area contributed by atoms with Gasteiger partial charge in [0.1, 0.15) is 5.69 Å². The number of hydrogen-bond acceptors (Lipinski definition) is 3. The molecule has 2 aromatic heterocycles. The molecule has 5 nitrogen and oxygen atoms in total. The number of aromatic nitrogens is 1. The highest BCUT2D eigenvalue weighted by atomic mass is 35.5. The molecule has 1 fully saturated rings. The molecule has 0 spiro atoms. The van der Waals surface area contributed by atoms with E-state index in [0.717, 1.165) is 36.3 Å². The van der Waals surface area contributed by atoms with E-state index in [0.29, 0.717) is 23.2 Å². The topological polar surface area (TPSA) is 41.6 Å². The van der Waals surface area contributed by atoms with Crippen molar-refractivity contribution in [2.75, 3.05) is 33.7 Å². The summed E-state index contributed by atoms with van der Waals surface area (Å²) in [4.78, 5) is 17.1. The average Bonchev–Trinajstić information content (AvgIpc) is 3.14. The van der Waals surface area contributed by atoms with Crippen molar-refractivity contribution in [1.29, 1.82) is 0 Å². The lowest BCUT2D eigenvalue weighted by Crippen LogP contribution is -2.53. The molecule has 1 aliphatic heterocycles. The van der Waals surface area contributed by atoms with Gasteiger partial charge in [0.15, 0.2) is 5.58 Å². The van der Waals surface area contributed by atoms with Gasteiger partial charge >= 0.3 is 0 Å². The van der Waals surface area contributed by atoms with Gasteiger partial charge in [0.25, 0.3) is 5.91 Å². The van der Waals surface area contributed by atoms with Crippen molar-refractivity contribution in [3.63, 3.8) is 0 Å². The molecule has 136 valence electrons. The number of benzene rings is 1. The third-order valence-corrected chi connectivity index (χ3v) is 5.12. The molecule has 0 radical (unpaired) electrons. The van der Waals surface area contributed by atoms with E-state index >= 15 is 0 Å². The molecule has 1 amide bonds. The molecule has 6 heteroatoms. The SMILES string of the molecule is CN(C)CC1CN(C(=O)c2cc3occc3n2Cc2ccc(Cl)cc2)C1. The molecule has 3 aromatic rings. The molecule has 1 aromatic carbocycles. The summed E-state index contributed by atoms with van der Waals surface area (Å²) in [7, 11) is 4.13. The lowest BCUT2D eigenvalue weighted by molar-refractivity contribution is 0.0440. The van der Waals surface area contributed by atoms with Crippen LogP contribution in [0.3, 0.4) is 0 Å². The number of fused-ring (bicyclic) bond motifs is 1. The lowest BCUT2D eigenvalue weighted by Gasteiger charge is -2.40. The zero-order valence-electron chi connectivity index (χ0n) is 15.0. The summed E-state index contributed by atoms with van der Waals surface area (Å²) in [5, 5.41) is 0.707. The van der Waals surface area contributed by atoms with Gasteiger partial charge in [0.2, 0.25) is 0 Å². The third-order valence-electron chi connectivity index (χ3n) is 4.86. The molecule has 0 bridgehead atoms. The molecule has 0 saturated carbocycles. The fourth-order valence-corrected chi connectivity index (χ4v) is 3.75. The van der Waals surface area contributed by atoms with Crippen molar-refractivity contribution < 1.29 is 9.21 Å². The zero-order chi connectivity index (χ0) is 18.3. The molecule has 4 rings (SSSR count). The largest absolute Gasteiger partial charge is 0.463 e. The van der Waals surface area contributed by atoms with Gasteiger partial charge in [-0.1, -0.05) is 23.7 Å². The fraction of sp³-hybridized carbons (Fsp3) is 0.350. The predicted octanol–water partition coefficient (Wildman–Crippen LogP) is 3.57. The van der Waals surface area contributed by atoms with Crippen molar-refractivity contribution in [3.8, 4) is 0 Å². The minimum atomic E-state index is 0.0698. The van der Waals surface area contributed by atoms with Crippen molar-refractivity contribution in [2.24, 2.45) is 5.92 Å². The highest BCUT2D eigenvalue weighted by molar-refractivity contribution is 6.30. The normalized spacial score (nSPS) is 15.0. The molecular formula is C20H22ClN3O2. The summed E-state index contributed by atoms with van der Waals surface area (Å²) in [5.41, 5.74) is 3.45. The Morgan fingerprint density at radius 3 is 2.65 bits per heavy atom. The summed E-state index contributed by atoms with van der Waals surface area (Å²) in [5.74, 6) is 0.622. The second kappa shape index (κ2) is 6.82. The van der Waals surface area contributed by atoms with Crippen molar-refractivity contribution >= 4 is 28.6 Å². The van der Waals surface area contributed by atoms with Crippen molar-refractivity contribution in [1.82, 2.24) is 14.4 Å². The van der Waals surface area contributed by atoms with E-state index in [9.17, 15) is 4.79 Å². The first-order chi connectivity index (χ1) is 12.5. The standard InChI is InChI=1S/C20H22ClN3O2/c1-22(2)10-15-11-23(12-15)20(25)18-9-19-17(7-8-26-19)24(18)13-14-3-5-16(21)6-4-14/h3-9,15H,10-13H2,1-2H3. The number of carbonyl (C=O) groups is 1. The predicted molar refractivity (Wildman–Crippen MR) is 103 cm³/mol. The van der Waals surface area contributed by atoms with E-state index in [-0.39, 0.29) is 5.91 Å². The average molecular weight is 372 g/mol. The van der Waals surface area contributed by atoms with Crippen LogP contribution in [0.25, 0.3) is 11.1 Å². The van der Waals surface area contributed by atoms with Crippen LogP contribution in [0.1, 0.15) is 16.1 Å². The number of rotatable bonds is 5. The molecular weight excluding hydrogens is 350 g/mol. The monoisotopic (exact) mass is 371 g/mol. The smallest absolute Gasteiger partial charge is 0.270 e. The van der Waals surface area contributed by atoms with Gasteiger partial charge in [-0.2, -0.15) is 0 Å². The Balaban J connectivity index is 1.58. The second-order valence-electron chi connectivity index (χ2n) is 7.25. The number of furan rings is 1. The van der Waals surface area contributed by atoms with Crippen LogP contribution in [-0.2, 0) is 6.54 Å². The molecule has 0 unspecified atom stereocenters. The molecule has 3 heterocycles. The first-order valence-corrected chi connectivity index (χ1v) is 9.14. The number of nitrogens with zero attached hydrogens (tertiary/aromatic N) is 3. The summed E-state index contributed by atoms with van der Waals surface area (Å²) in [6.07, 6.45) is 1.66. The first-order valence-electron chi connectivity index (χ1n) is 8.76. The molecule has 0 N–H and O–H groups in total. The van der Waals surface area contributed by atoms with Crippen LogP contribution in [0.4, 0.5) is 0 Å². The molecule has 0 atom stereocenters. The van der Waals surface area contributed by atoms with E-state index in [4.69, 9.17) is 16.0 Å². The Morgan fingerprint density at radius 1 is 1.23 bits per heavy atom. The molecule has 26 heavy (non-hydrogen) atoms. The Labute approximate surface area is 157 Å². The Kier molecular flexibility index (Phi) is 4.51. The van der Waals surface area contributed by atoms with Crippen LogP contribution < -0.4 is 0 Å². The van der Waals surface area contributed by atoms with Crippen LogP contribution in [0.15, 0.2) is 47.1 Å². The minimum Gasteiger partial charge on any atom is -0.463 e. The van der Waals surface area contributed by atoms with Gasteiger partial charge < -0.3 is 18.8 Å². The van der Waals surface area contributed by atoms with Gasteiger partial charge in [-0.15, -0.1) is 0 Å². The fourth-order valence-electron chi connectivity index (χ4n) is 3.63. The number of halogens is 1. The van der Waals surface area contributed by atoms with Crippen LogP contribution in [0, 0.1) is 5.92 Å². The number of carbonyl (C=O) groups excluding carboxylic acids is 1. The maximum atomic E-state index is 13.0. The van der Waals surface area contributed by atoms with Gasteiger partial charge in [-0.25, -0.2) is 0 Å².